The van der Waals surface area contributed by atoms with Crippen LogP contribution in [0.15, 0.2) is 24.0 Å². The molecule has 1 fully saturated rings. The lowest BCUT2D eigenvalue weighted by Crippen LogP contribution is -2.51. The van der Waals surface area contributed by atoms with Crippen LogP contribution in [0.4, 0.5) is 4.79 Å². The van der Waals surface area contributed by atoms with Crippen molar-refractivity contribution >= 4 is 6.03 Å². The summed E-state index contributed by atoms with van der Waals surface area (Å²) in [6, 6.07) is 4.02. The third-order valence-corrected chi connectivity index (χ3v) is 5.96. The molecule has 3 heterocycles. The molecule has 3 aliphatic rings. The Hall–Kier alpha value is -2.41. The molecule has 29 heavy (non-hydrogen) atoms. The molecule has 0 radical (unpaired) electrons. The number of rotatable bonds is 5. The molecule has 0 bridgehead atoms. The molecule has 7 nitrogen and oxygen atoms in total. The summed E-state index contributed by atoms with van der Waals surface area (Å²) in [7, 11) is 3.34. The van der Waals surface area contributed by atoms with Crippen molar-refractivity contribution < 1.29 is 23.7 Å². The van der Waals surface area contributed by atoms with Crippen molar-refractivity contribution in [2.75, 3.05) is 53.7 Å². The highest BCUT2D eigenvalue weighted by molar-refractivity contribution is 5.76. The van der Waals surface area contributed by atoms with Gasteiger partial charge in [0.1, 0.15) is 11.5 Å². The fourth-order valence-corrected chi connectivity index (χ4v) is 4.47. The van der Waals surface area contributed by atoms with E-state index < -0.39 is 0 Å². The van der Waals surface area contributed by atoms with E-state index in [4.69, 9.17) is 18.9 Å². The molecular formula is C22H30N2O5. The van der Waals surface area contributed by atoms with E-state index in [1.807, 2.05) is 15.9 Å². The molecule has 1 saturated heterocycles. The fourth-order valence-electron chi connectivity index (χ4n) is 4.47. The second-order valence-electron chi connectivity index (χ2n) is 7.59. The second kappa shape index (κ2) is 8.95. The lowest BCUT2D eigenvalue weighted by molar-refractivity contribution is 0.0372. The Morgan fingerprint density at radius 1 is 1.14 bits per heavy atom. The number of methoxy groups -OCH3 is 2. The Balaban J connectivity index is 1.65. The fraction of sp³-hybridized carbons (Fsp3) is 0.591. The molecule has 1 aromatic rings. The summed E-state index contributed by atoms with van der Waals surface area (Å²) < 4.78 is 22.3. The van der Waals surface area contributed by atoms with Crippen LogP contribution in [0.2, 0.25) is 0 Å². The van der Waals surface area contributed by atoms with Crippen molar-refractivity contribution in [3.63, 3.8) is 0 Å². The van der Waals surface area contributed by atoms with Gasteiger partial charge in [-0.05, 0) is 30.5 Å². The first-order valence-electron chi connectivity index (χ1n) is 10.4. The highest BCUT2D eigenvalue weighted by Crippen LogP contribution is 2.42. The first-order valence-corrected chi connectivity index (χ1v) is 10.4. The number of hydrogen-bond donors (Lipinski definition) is 0. The van der Waals surface area contributed by atoms with Gasteiger partial charge >= 0.3 is 6.03 Å². The number of fused-ring (bicyclic) bond motifs is 1. The first kappa shape index (κ1) is 19.9. The van der Waals surface area contributed by atoms with E-state index in [2.05, 4.69) is 12.1 Å². The summed E-state index contributed by atoms with van der Waals surface area (Å²) in [6.45, 7) is 3.92. The summed E-state index contributed by atoms with van der Waals surface area (Å²) in [5, 5.41) is 0. The van der Waals surface area contributed by atoms with Crippen molar-refractivity contribution in [2.24, 2.45) is 0 Å². The summed E-state index contributed by atoms with van der Waals surface area (Å²) in [5.41, 5.74) is 2.29. The van der Waals surface area contributed by atoms with Gasteiger partial charge in [0.25, 0.3) is 0 Å². The van der Waals surface area contributed by atoms with Crippen molar-refractivity contribution in [1.29, 1.82) is 0 Å². The normalized spacial score (nSPS) is 21.3. The molecule has 1 atom stereocenters. The number of nitrogens with zero attached hydrogens (tertiary/aromatic N) is 2. The topological polar surface area (TPSA) is 60.5 Å². The number of amides is 2. The Kier molecular flexibility index (Phi) is 6.13. The van der Waals surface area contributed by atoms with Gasteiger partial charge < -0.3 is 28.7 Å². The number of allylic oxidation sites excluding steroid dienone is 1. The maximum absolute atomic E-state index is 13.4. The zero-order valence-electron chi connectivity index (χ0n) is 17.3. The quantitative estimate of drug-likeness (QED) is 0.757. The Bertz CT molecular complexity index is 755. The second-order valence-corrected chi connectivity index (χ2v) is 7.59. The lowest BCUT2D eigenvalue weighted by Gasteiger charge is -2.41. The third-order valence-electron chi connectivity index (χ3n) is 5.96. The van der Waals surface area contributed by atoms with Crippen LogP contribution in [0, 0.1) is 0 Å². The van der Waals surface area contributed by atoms with Gasteiger partial charge in [0.05, 0.1) is 45.8 Å². The van der Waals surface area contributed by atoms with Gasteiger partial charge in [-0.15, -0.1) is 0 Å². The number of ether oxygens (including phenoxy) is 4. The van der Waals surface area contributed by atoms with Gasteiger partial charge in [0.2, 0.25) is 0 Å². The van der Waals surface area contributed by atoms with E-state index in [9.17, 15) is 4.79 Å². The van der Waals surface area contributed by atoms with Crippen molar-refractivity contribution in [1.82, 2.24) is 9.80 Å². The smallest absolute Gasteiger partial charge is 0.320 e. The van der Waals surface area contributed by atoms with Gasteiger partial charge in [0.15, 0.2) is 0 Å². The van der Waals surface area contributed by atoms with Crippen LogP contribution < -0.4 is 9.47 Å². The standard InChI is InChI=1S/C22H30N2O5/c1-26-18-14-16-7-8-24(22(25)23-9-12-28-13-10-23)19(21(16)20(15-18)27-2)6-5-17-4-3-11-29-17/h4,14-15,19H,3,5-13H2,1-2H3. The number of benzene rings is 1. The SMILES string of the molecule is COc1cc2c(c(OC)c1)C(CCC1=CCCO1)N(C(=O)N1CCOCC1)CC2. The van der Waals surface area contributed by atoms with E-state index >= 15 is 0 Å². The van der Waals surface area contributed by atoms with Gasteiger partial charge in [0, 0.05) is 44.1 Å². The number of morpholine rings is 1. The molecule has 7 heteroatoms. The largest absolute Gasteiger partial charge is 0.498 e. The summed E-state index contributed by atoms with van der Waals surface area (Å²) in [6.07, 6.45) is 5.52. The Labute approximate surface area is 172 Å². The van der Waals surface area contributed by atoms with Crippen LogP contribution in [-0.2, 0) is 15.9 Å². The minimum atomic E-state index is -0.0555. The van der Waals surface area contributed by atoms with Crippen LogP contribution in [0.25, 0.3) is 0 Å². The summed E-state index contributed by atoms with van der Waals surface area (Å²) in [4.78, 5) is 17.3. The molecule has 1 aromatic carbocycles. The molecule has 4 rings (SSSR count). The molecule has 2 amide bonds. The van der Waals surface area contributed by atoms with Crippen LogP contribution >= 0.6 is 0 Å². The van der Waals surface area contributed by atoms with E-state index in [-0.39, 0.29) is 12.1 Å². The molecule has 0 aliphatic carbocycles. The third kappa shape index (κ3) is 4.15. The molecule has 0 saturated carbocycles. The molecule has 3 aliphatic heterocycles. The first-order chi connectivity index (χ1) is 14.2. The van der Waals surface area contributed by atoms with E-state index in [1.54, 1.807) is 14.2 Å². The highest BCUT2D eigenvalue weighted by atomic mass is 16.5. The van der Waals surface area contributed by atoms with E-state index in [0.29, 0.717) is 32.8 Å². The van der Waals surface area contributed by atoms with E-state index in [0.717, 1.165) is 55.1 Å². The number of hydrogen-bond acceptors (Lipinski definition) is 5. The Morgan fingerprint density at radius 2 is 1.97 bits per heavy atom. The average molecular weight is 402 g/mol. The van der Waals surface area contributed by atoms with Gasteiger partial charge in [-0.3, -0.25) is 0 Å². The molecular weight excluding hydrogens is 372 g/mol. The zero-order chi connectivity index (χ0) is 20.2. The molecule has 1 unspecified atom stereocenters. The molecule has 0 aromatic heterocycles. The molecule has 0 N–H and O–H groups in total. The van der Waals surface area contributed by atoms with Gasteiger partial charge in [-0.2, -0.15) is 0 Å². The summed E-state index contributed by atoms with van der Waals surface area (Å²) in [5.74, 6) is 2.60. The van der Waals surface area contributed by atoms with Crippen molar-refractivity contribution in [3.8, 4) is 11.5 Å². The predicted octanol–water partition coefficient (Wildman–Crippen LogP) is 3.14. The average Bonchev–Trinajstić information content (AvgIpc) is 3.30. The van der Waals surface area contributed by atoms with Crippen molar-refractivity contribution in [3.05, 3.63) is 35.1 Å². The maximum atomic E-state index is 13.4. The molecule has 0 spiro atoms. The lowest BCUT2D eigenvalue weighted by atomic mass is 9.88. The monoisotopic (exact) mass is 402 g/mol. The van der Waals surface area contributed by atoms with Crippen molar-refractivity contribution in [2.45, 2.75) is 31.7 Å². The zero-order valence-corrected chi connectivity index (χ0v) is 17.3. The van der Waals surface area contributed by atoms with Crippen LogP contribution in [0.5, 0.6) is 11.5 Å². The number of carbonyl (C=O) groups is 1. The van der Waals surface area contributed by atoms with Gasteiger partial charge in [-0.25, -0.2) is 4.79 Å². The molecule has 158 valence electrons. The highest BCUT2D eigenvalue weighted by Gasteiger charge is 2.36. The minimum absolute atomic E-state index is 0.0555. The number of carbonyl (C=O) groups excluding carboxylic acids is 1. The Morgan fingerprint density at radius 3 is 2.66 bits per heavy atom. The van der Waals surface area contributed by atoms with Crippen LogP contribution in [-0.4, -0.2) is 69.5 Å². The predicted molar refractivity (Wildman–Crippen MR) is 108 cm³/mol. The van der Waals surface area contributed by atoms with E-state index in [1.165, 1.54) is 5.56 Å². The van der Waals surface area contributed by atoms with Crippen LogP contribution in [0.1, 0.15) is 36.4 Å². The maximum Gasteiger partial charge on any atom is 0.320 e. The van der Waals surface area contributed by atoms with Crippen LogP contribution in [0.3, 0.4) is 0 Å². The summed E-state index contributed by atoms with van der Waals surface area (Å²) >= 11 is 0. The minimum Gasteiger partial charge on any atom is -0.498 e. The number of urea groups is 1. The van der Waals surface area contributed by atoms with Gasteiger partial charge in [-0.1, -0.05) is 0 Å².